The Morgan fingerprint density at radius 3 is 2.69 bits per heavy atom. The topological polar surface area (TPSA) is 98.3 Å². The summed E-state index contributed by atoms with van der Waals surface area (Å²) in [5.74, 6) is 1.73. The second kappa shape index (κ2) is 10.0. The number of amides is 1. The minimum Gasteiger partial charge on any atom is -0.490 e. The fraction of sp³-hybridized carbons (Fsp3) is 0.520. The molecule has 2 fully saturated rings. The zero-order valence-corrected chi connectivity index (χ0v) is 20.7. The van der Waals surface area contributed by atoms with Crippen molar-refractivity contribution in [2.75, 3.05) is 50.1 Å². The number of pyridine rings is 1. The second-order valence-corrected chi connectivity index (χ2v) is 11.3. The van der Waals surface area contributed by atoms with Gasteiger partial charge in [0.2, 0.25) is 5.91 Å². The van der Waals surface area contributed by atoms with Gasteiger partial charge in [-0.15, -0.1) is 0 Å². The summed E-state index contributed by atoms with van der Waals surface area (Å²) in [7, 11) is -3.35. The number of fused-ring (bicyclic) bond motifs is 1. The summed E-state index contributed by atoms with van der Waals surface area (Å²) in [5.41, 5.74) is 1.63. The molecule has 0 spiro atoms. The molecule has 1 unspecified atom stereocenters. The maximum absolute atomic E-state index is 12.8. The van der Waals surface area contributed by atoms with Crippen LogP contribution in [0.25, 0.3) is 0 Å². The van der Waals surface area contributed by atoms with E-state index in [9.17, 15) is 13.2 Å². The quantitative estimate of drug-likeness (QED) is 0.596. The molecular formula is C25H31N3O6S. The fourth-order valence-corrected chi connectivity index (χ4v) is 5.61. The number of likely N-dealkylation sites (tertiary alicyclic amines) is 1. The maximum Gasteiger partial charge on any atom is 0.225 e. The van der Waals surface area contributed by atoms with Crippen molar-refractivity contribution in [1.82, 2.24) is 9.88 Å². The van der Waals surface area contributed by atoms with Gasteiger partial charge in [-0.05, 0) is 37.1 Å². The van der Waals surface area contributed by atoms with Crippen LogP contribution in [0.5, 0.6) is 11.5 Å². The summed E-state index contributed by atoms with van der Waals surface area (Å²) in [6.07, 6.45) is 3.91. The predicted octanol–water partition coefficient (Wildman–Crippen LogP) is 2.81. The van der Waals surface area contributed by atoms with E-state index in [0.717, 1.165) is 36.4 Å². The van der Waals surface area contributed by atoms with Crippen molar-refractivity contribution < 1.29 is 27.4 Å². The van der Waals surface area contributed by atoms with Gasteiger partial charge in [-0.2, -0.15) is 0 Å². The molecule has 0 radical (unpaired) electrons. The number of nitrogens with zero attached hydrogens (tertiary/aromatic N) is 3. The molecule has 4 heterocycles. The zero-order valence-electron chi connectivity index (χ0n) is 19.9. The molecule has 0 saturated carbocycles. The monoisotopic (exact) mass is 501 g/mol. The Morgan fingerprint density at radius 2 is 1.94 bits per heavy atom. The van der Waals surface area contributed by atoms with Crippen molar-refractivity contribution in [3.63, 3.8) is 0 Å². The van der Waals surface area contributed by atoms with Gasteiger partial charge in [0, 0.05) is 38.2 Å². The molecule has 10 heteroatoms. The first kappa shape index (κ1) is 23.9. The lowest BCUT2D eigenvalue weighted by molar-refractivity contribution is -0.137. The zero-order chi connectivity index (χ0) is 24.4. The van der Waals surface area contributed by atoms with Gasteiger partial charge in [-0.1, -0.05) is 6.92 Å². The molecule has 9 nitrogen and oxygen atoms in total. The molecule has 3 aliphatic rings. The average Bonchev–Trinajstić information content (AvgIpc) is 3.37. The SMILES string of the molecule is CCS(=O)(=O)c1ccc(N2CCOc3ccc(OC4CCN(C(=O)C5CCOCC5)C4)cc32)cn1. The van der Waals surface area contributed by atoms with Crippen molar-refractivity contribution in [1.29, 1.82) is 0 Å². The van der Waals surface area contributed by atoms with Gasteiger partial charge in [0.15, 0.2) is 14.9 Å². The molecule has 2 aromatic rings. The first-order chi connectivity index (χ1) is 16.9. The standard InChI is InChI=1S/C25H31N3O6S/c1-2-35(30,31)24-6-3-19(16-26-24)28-11-14-33-23-5-4-20(15-22(23)28)34-21-7-10-27(17-21)25(29)18-8-12-32-13-9-18/h3-6,15-16,18,21H,2,7-14,17H2,1H3. The lowest BCUT2D eigenvalue weighted by atomic mass is 9.99. The Hall–Kier alpha value is -2.85. The van der Waals surface area contributed by atoms with Crippen LogP contribution in [-0.4, -0.2) is 75.5 Å². The third kappa shape index (κ3) is 5.08. The largest absolute Gasteiger partial charge is 0.490 e. The summed E-state index contributed by atoms with van der Waals surface area (Å²) in [6, 6.07) is 9.04. The number of anilines is 2. The van der Waals surface area contributed by atoms with Crippen LogP contribution in [-0.2, 0) is 19.4 Å². The Morgan fingerprint density at radius 1 is 1.11 bits per heavy atom. The maximum atomic E-state index is 12.8. The van der Waals surface area contributed by atoms with Gasteiger partial charge in [0.1, 0.15) is 24.2 Å². The molecule has 188 valence electrons. The normalized spacial score (nSPS) is 20.9. The summed E-state index contributed by atoms with van der Waals surface area (Å²) in [4.78, 5) is 21.0. The summed E-state index contributed by atoms with van der Waals surface area (Å²) >= 11 is 0. The summed E-state index contributed by atoms with van der Waals surface area (Å²) in [6.45, 7) is 5.33. The van der Waals surface area contributed by atoms with Crippen LogP contribution in [0.3, 0.4) is 0 Å². The number of carbonyl (C=O) groups is 1. The highest BCUT2D eigenvalue weighted by Crippen LogP contribution is 2.39. The lowest BCUT2D eigenvalue weighted by Crippen LogP contribution is -2.38. The molecule has 2 saturated heterocycles. The molecule has 0 aliphatic carbocycles. The molecule has 3 aliphatic heterocycles. The number of hydrogen-bond donors (Lipinski definition) is 0. The smallest absolute Gasteiger partial charge is 0.225 e. The Labute approximate surface area is 205 Å². The minimum atomic E-state index is -3.35. The van der Waals surface area contributed by atoms with E-state index in [1.54, 1.807) is 25.3 Å². The molecule has 0 bridgehead atoms. The van der Waals surface area contributed by atoms with Crippen LogP contribution >= 0.6 is 0 Å². The van der Waals surface area contributed by atoms with Crippen molar-refractivity contribution in [2.24, 2.45) is 5.92 Å². The van der Waals surface area contributed by atoms with E-state index in [-0.39, 0.29) is 28.7 Å². The number of benzene rings is 1. The summed E-state index contributed by atoms with van der Waals surface area (Å²) in [5, 5.41) is 0.0791. The van der Waals surface area contributed by atoms with Crippen molar-refractivity contribution in [2.45, 2.75) is 37.3 Å². The van der Waals surface area contributed by atoms with E-state index >= 15 is 0 Å². The number of rotatable bonds is 6. The predicted molar refractivity (Wildman–Crippen MR) is 130 cm³/mol. The van der Waals surface area contributed by atoms with E-state index in [4.69, 9.17) is 14.2 Å². The van der Waals surface area contributed by atoms with Crippen LogP contribution in [0.15, 0.2) is 41.6 Å². The van der Waals surface area contributed by atoms with Gasteiger partial charge in [0.25, 0.3) is 0 Å². The molecule has 1 amide bonds. The number of ether oxygens (including phenoxy) is 3. The third-order valence-corrected chi connectivity index (χ3v) is 8.49. The molecule has 1 aromatic heterocycles. The number of aromatic nitrogens is 1. The van der Waals surface area contributed by atoms with Gasteiger partial charge >= 0.3 is 0 Å². The molecule has 1 aromatic carbocycles. The van der Waals surface area contributed by atoms with Crippen LogP contribution in [0.4, 0.5) is 11.4 Å². The highest BCUT2D eigenvalue weighted by atomic mass is 32.2. The lowest BCUT2D eigenvalue weighted by Gasteiger charge is -2.31. The summed E-state index contributed by atoms with van der Waals surface area (Å²) < 4.78 is 41.7. The fourth-order valence-electron chi connectivity index (χ4n) is 4.82. The van der Waals surface area contributed by atoms with Crippen LogP contribution in [0.1, 0.15) is 26.2 Å². The molecule has 35 heavy (non-hydrogen) atoms. The highest BCUT2D eigenvalue weighted by Gasteiger charge is 2.33. The molecule has 1 atom stereocenters. The van der Waals surface area contributed by atoms with Gasteiger partial charge in [0.05, 0.1) is 36.4 Å². The number of hydrogen-bond acceptors (Lipinski definition) is 8. The highest BCUT2D eigenvalue weighted by molar-refractivity contribution is 7.91. The van der Waals surface area contributed by atoms with Crippen LogP contribution < -0.4 is 14.4 Å². The van der Waals surface area contributed by atoms with E-state index in [1.165, 1.54) is 0 Å². The third-order valence-electron chi connectivity index (χ3n) is 6.85. The molecular weight excluding hydrogens is 470 g/mol. The van der Waals surface area contributed by atoms with E-state index in [1.807, 2.05) is 23.1 Å². The average molecular weight is 502 g/mol. The van der Waals surface area contributed by atoms with E-state index < -0.39 is 9.84 Å². The Balaban J connectivity index is 1.28. The van der Waals surface area contributed by atoms with Crippen LogP contribution in [0, 0.1) is 5.92 Å². The Bertz CT molecular complexity index is 1160. The minimum absolute atomic E-state index is 0.0136. The second-order valence-electron chi connectivity index (χ2n) is 9.09. The van der Waals surface area contributed by atoms with Gasteiger partial charge < -0.3 is 24.0 Å². The molecule has 5 rings (SSSR count). The first-order valence-corrected chi connectivity index (χ1v) is 13.9. The van der Waals surface area contributed by atoms with Gasteiger partial charge in [-0.25, -0.2) is 13.4 Å². The van der Waals surface area contributed by atoms with Crippen molar-refractivity contribution in [3.8, 4) is 11.5 Å². The number of sulfone groups is 1. The van der Waals surface area contributed by atoms with E-state index in [2.05, 4.69) is 9.88 Å². The van der Waals surface area contributed by atoms with Crippen molar-refractivity contribution in [3.05, 3.63) is 36.5 Å². The Kier molecular flexibility index (Phi) is 6.84. The first-order valence-electron chi connectivity index (χ1n) is 12.2. The number of carbonyl (C=O) groups excluding carboxylic acids is 1. The van der Waals surface area contributed by atoms with Gasteiger partial charge in [-0.3, -0.25) is 4.79 Å². The van der Waals surface area contributed by atoms with Crippen molar-refractivity contribution >= 4 is 27.1 Å². The molecule has 0 N–H and O–H groups in total. The van der Waals surface area contributed by atoms with E-state index in [0.29, 0.717) is 45.2 Å². The van der Waals surface area contributed by atoms with Crippen LogP contribution in [0.2, 0.25) is 0 Å².